The Labute approximate surface area is 196 Å². The Morgan fingerprint density at radius 2 is 1.79 bits per heavy atom. The van der Waals surface area contributed by atoms with E-state index in [-0.39, 0.29) is 30.5 Å². The first kappa shape index (κ1) is 24.6. The van der Waals surface area contributed by atoms with Crippen LogP contribution in [0.5, 0.6) is 5.75 Å². The van der Waals surface area contributed by atoms with Crippen LogP contribution in [-0.2, 0) is 16.1 Å². The van der Waals surface area contributed by atoms with Crippen LogP contribution in [0.1, 0.15) is 12.0 Å². The van der Waals surface area contributed by atoms with E-state index in [4.69, 9.17) is 15.2 Å². The summed E-state index contributed by atoms with van der Waals surface area (Å²) in [5.74, 6) is 0.314. The lowest BCUT2D eigenvalue weighted by molar-refractivity contribution is -0.115. The molecule has 0 unspecified atom stereocenters. The standard InChI is InChI=1S/C24H29N5O5/c1-33-14-6-13-28(16-20(30)26-18-9-11-19(34-2)12-10-18)21-22(25)29(24(32)27-23(21)31)15-17-7-4-3-5-8-17/h3-5,7-12H,6,13-16,25H2,1-2H3,(H,26,30)(H,27,31,32). The number of aromatic nitrogens is 2. The van der Waals surface area contributed by atoms with Gasteiger partial charge in [0.05, 0.1) is 20.2 Å². The summed E-state index contributed by atoms with van der Waals surface area (Å²) in [4.78, 5) is 42.0. The van der Waals surface area contributed by atoms with Crippen LogP contribution in [0.15, 0.2) is 64.2 Å². The predicted octanol–water partition coefficient (Wildman–Crippen LogP) is 1.66. The molecule has 3 rings (SSSR count). The number of benzene rings is 2. The summed E-state index contributed by atoms with van der Waals surface area (Å²) < 4.78 is 11.5. The summed E-state index contributed by atoms with van der Waals surface area (Å²) in [6.07, 6.45) is 0.545. The maximum Gasteiger partial charge on any atom is 0.330 e. The van der Waals surface area contributed by atoms with Gasteiger partial charge in [-0.25, -0.2) is 4.79 Å². The van der Waals surface area contributed by atoms with Crippen LogP contribution in [-0.4, -0.2) is 49.4 Å². The van der Waals surface area contributed by atoms with Crippen LogP contribution in [0.3, 0.4) is 0 Å². The Hall–Kier alpha value is -4.05. The molecule has 10 heteroatoms. The van der Waals surface area contributed by atoms with Crippen molar-refractivity contribution in [1.29, 1.82) is 0 Å². The third kappa shape index (κ3) is 6.26. The molecule has 0 aliphatic rings. The smallest absolute Gasteiger partial charge is 0.330 e. The molecule has 0 spiro atoms. The van der Waals surface area contributed by atoms with Gasteiger partial charge in [0, 0.05) is 25.9 Å². The summed E-state index contributed by atoms with van der Waals surface area (Å²) in [5.41, 5.74) is 6.55. The van der Waals surface area contributed by atoms with Crippen molar-refractivity contribution in [3.8, 4) is 5.75 Å². The summed E-state index contributed by atoms with van der Waals surface area (Å²) in [6.45, 7) is 0.782. The van der Waals surface area contributed by atoms with Gasteiger partial charge >= 0.3 is 5.69 Å². The number of aromatic amines is 1. The van der Waals surface area contributed by atoms with Crippen molar-refractivity contribution in [2.45, 2.75) is 13.0 Å². The van der Waals surface area contributed by atoms with Gasteiger partial charge in [-0.05, 0) is 36.2 Å². The Morgan fingerprint density at radius 1 is 1.09 bits per heavy atom. The van der Waals surface area contributed by atoms with Gasteiger partial charge in [0.2, 0.25) is 5.91 Å². The molecular weight excluding hydrogens is 438 g/mol. The summed E-state index contributed by atoms with van der Waals surface area (Å²) in [7, 11) is 3.13. The first-order valence-electron chi connectivity index (χ1n) is 10.8. The number of carbonyl (C=O) groups is 1. The van der Waals surface area contributed by atoms with Gasteiger partial charge in [0.15, 0.2) is 0 Å². The molecule has 2 aromatic carbocycles. The number of hydrogen-bond acceptors (Lipinski definition) is 7. The SMILES string of the molecule is COCCCN(CC(=O)Nc1ccc(OC)cc1)c1c(N)n(Cc2ccccc2)c(=O)[nH]c1=O. The van der Waals surface area contributed by atoms with E-state index in [1.165, 1.54) is 4.57 Å². The zero-order chi connectivity index (χ0) is 24.5. The van der Waals surface area contributed by atoms with E-state index in [0.717, 1.165) is 5.56 Å². The third-order valence-electron chi connectivity index (χ3n) is 5.20. The van der Waals surface area contributed by atoms with E-state index in [1.54, 1.807) is 43.4 Å². The Morgan fingerprint density at radius 3 is 2.44 bits per heavy atom. The van der Waals surface area contributed by atoms with Gasteiger partial charge < -0.3 is 25.4 Å². The van der Waals surface area contributed by atoms with Crippen LogP contribution in [0.2, 0.25) is 0 Å². The maximum absolute atomic E-state index is 12.8. The molecule has 34 heavy (non-hydrogen) atoms. The van der Waals surface area contributed by atoms with Gasteiger partial charge in [-0.2, -0.15) is 0 Å². The highest BCUT2D eigenvalue weighted by atomic mass is 16.5. The van der Waals surface area contributed by atoms with Crippen LogP contribution < -0.4 is 31.9 Å². The number of amides is 1. The molecule has 1 heterocycles. The molecule has 0 radical (unpaired) electrons. The number of carbonyl (C=O) groups excluding carboxylic acids is 1. The second kappa shape index (κ2) is 11.7. The largest absolute Gasteiger partial charge is 0.497 e. The first-order valence-corrected chi connectivity index (χ1v) is 10.8. The summed E-state index contributed by atoms with van der Waals surface area (Å²) >= 11 is 0. The molecule has 0 bridgehead atoms. The van der Waals surface area contributed by atoms with E-state index >= 15 is 0 Å². The fraction of sp³-hybridized carbons (Fsp3) is 0.292. The van der Waals surface area contributed by atoms with Crippen LogP contribution in [0, 0.1) is 0 Å². The molecule has 1 amide bonds. The van der Waals surface area contributed by atoms with Crippen molar-refractivity contribution < 1.29 is 14.3 Å². The minimum atomic E-state index is -0.651. The number of nitrogen functional groups attached to an aromatic ring is 1. The molecule has 1 aromatic heterocycles. The lowest BCUT2D eigenvalue weighted by Gasteiger charge is -2.25. The van der Waals surface area contributed by atoms with Crippen molar-refractivity contribution in [1.82, 2.24) is 9.55 Å². The number of ether oxygens (including phenoxy) is 2. The molecular formula is C24H29N5O5. The van der Waals surface area contributed by atoms with Crippen molar-refractivity contribution >= 4 is 23.1 Å². The highest BCUT2D eigenvalue weighted by molar-refractivity contribution is 5.94. The molecule has 10 nitrogen and oxygen atoms in total. The van der Waals surface area contributed by atoms with Crippen molar-refractivity contribution in [3.63, 3.8) is 0 Å². The summed E-state index contributed by atoms with van der Waals surface area (Å²) in [5, 5.41) is 2.80. The topological polar surface area (TPSA) is 132 Å². The van der Waals surface area contributed by atoms with E-state index in [1.807, 2.05) is 30.3 Å². The normalized spacial score (nSPS) is 10.6. The minimum Gasteiger partial charge on any atom is -0.497 e. The number of nitrogens with two attached hydrogens (primary N) is 1. The Bertz CT molecular complexity index is 1210. The second-order valence-electron chi connectivity index (χ2n) is 7.61. The number of anilines is 3. The molecule has 0 saturated carbocycles. The van der Waals surface area contributed by atoms with E-state index < -0.39 is 11.2 Å². The third-order valence-corrected chi connectivity index (χ3v) is 5.20. The molecule has 0 aliphatic carbocycles. The maximum atomic E-state index is 12.8. The number of nitrogens with one attached hydrogen (secondary N) is 2. The first-order chi connectivity index (χ1) is 16.4. The van der Waals surface area contributed by atoms with Crippen molar-refractivity contribution in [3.05, 3.63) is 81.0 Å². The number of H-pyrrole nitrogens is 1. The number of methoxy groups -OCH3 is 2. The molecule has 4 N–H and O–H groups in total. The highest BCUT2D eigenvalue weighted by Gasteiger charge is 2.21. The minimum absolute atomic E-state index is 0.00716. The van der Waals surface area contributed by atoms with Gasteiger partial charge in [-0.1, -0.05) is 30.3 Å². The quantitative estimate of drug-likeness (QED) is 0.366. The van der Waals surface area contributed by atoms with Crippen LogP contribution >= 0.6 is 0 Å². The molecule has 0 aliphatic heterocycles. The van der Waals surface area contributed by atoms with Crippen LogP contribution in [0.25, 0.3) is 0 Å². The van der Waals surface area contributed by atoms with Gasteiger partial charge in [0.25, 0.3) is 5.56 Å². The highest BCUT2D eigenvalue weighted by Crippen LogP contribution is 2.19. The number of hydrogen-bond donors (Lipinski definition) is 3. The van der Waals surface area contributed by atoms with Gasteiger partial charge in [-0.3, -0.25) is 19.1 Å². The monoisotopic (exact) mass is 467 g/mol. The van der Waals surface area contributed by atoms with Crippen molar-refractivity contribution in [2.24, 2.45) is 0 Å². The molecule has 0 fully saturated rings. The van der Waals surface area contributed by atoms with E-state index in [9.17, 15) is 14.4 Å². The zero-order valence-corrected chi connectivity index (χ0v) is 19.2. The molecule has 0 atom stereocenters. The summed E-state index contributed by atoms with van der Waals surface area (Å²) in [6, 6.07) is 16.2. The number of rotatable bonds is 11. The zero-order valence-electron chi connectivity index (χ0n) is 19.2. The fourth-order valence-electron chi connectivity index (χ4n) is 3.52. The average molecular weight is 468 g/mol. The molecule has 3 aromatic rings. The fourth-order valence-corrected chi connectivity index (χ4v) is 3.52. The van der Waals surface area contributed by atoms with E-state index in [0.29, 0.717) is 31.0 Å². The lowest BCUT2D eigenvalue weighted by Crippen LogP contribution is -2.42. The van der Waals surface area contributed by atoms with E-state index in [2.05, 4.69) is 10.3 Å². The Kier molecular flexibility index (Phi) is 8.47. The second-order valence-corrected chi connectivity index (χ2v) is 7.61. The molecule has 0 saturated heterocycles. The van der Waals surface area contributed by atoms with Crippen LogP contribution in [0.4, 0.5) is 17.2 Å². The Balaban J connectivity index is 1.89. The van der Waals surface area contributed by atoms with Crippen molar-refractivity contribution in [2.75, 3.05) is 49.9 Å². The number of nitrogens with zero attached hydrogens (tertiary/aromatic N) is 2. The molecule has 180 valence electrons. The lowest BCUT2D eigenvalue weighted by atomic mass is 10.2. The predicted molar refractivity (Wildman–Crippen MR) is 132 cm³/mol. The van der Waals surface area contributed by atoms with Gasteiger partial charge in [0.1, 0.15) is 17.3 Å². The van der Waals surface area contributed by atoms with Gasteiger partial charge in [-0.15, -0.1) is 0 Å². The average Bonchev–Trinajstić information content (AvgIpc) is 2.82.